The minimum atomic E-state index is -4.00. The summed E-state index contributed by atoms with van der Waals surface area (Å²) >= 11 is 0. The Labute approximate surface area is 159 Å². The van der Waals surface area contributed by atoms with E-state index in [0.29, 0.717) is 5.52 Å². The second-order valence-corrected chi connectivity index (χ2v) is 8.09. The second-order valence-electron chi connectivity index (χ2n) is 6.16. The predicted molar refractivity (Wildman–Crippen MR) is 103 cm³/mol. The van der Waals surface area contributed by atoms with Gasteiger partial charge in [0.1, 0.15) is 0 Å². The molecule has 3 rings (SSSR count). The van der Waals surface area contributed by atoms with Crippen LogP contribution in [0.2, 0.25) is 0 Å². The summed E-state index contributed by atoms with van der Waals surface area (Å²) in [7, 11) is -4.00. The van der Waals surface area contributed by atoms with Crippen LogP contribution in [0.15, 0.2) is 63.0 Å². The van der Waals surface area contributed by atoms with Crippen LogP contribution < -0.4 is 16.9 Å². The first-order chi connectivity index (χ1) is 13.3. The second kappa shape index (κ2) is 7.79. The topological polar surface area (TPSA) is 146 Å². The predicted octanol–water partition coefficient (Wildman–Crippen LogP) is 0.283. The number of carbonyl (C=O) groups excluding carboxylic acids is 1. The van der Waals surface area contributed by atoms with Crippen LogP contribution in [0.5, 0.6) is 0 Å². The number of amides is 1. The number of rotatable bonds is 7. The van der Waals surface area contributed by atoms with Gasteiger partial charge in [0, 0.05) is 19.5 Å². The van der Waals surface area contributed by atoms with E-state index in [-0.39, 0.29) is 29.9 Å². The summed E-state index contributed by atoms with van der Waals surface area (Å²) in [6.45, 7) is -0.0383. The molecule has 0 aliphatic rings. The molecule has 0 radical (unpaired) electrons. The molecule has 1 amide bonds. The molecule has 146 valence electrons. The monoisotopic (exact) mass is 402 g/mol. The van der Waals surface area contributed by atoms with Crippen molar-refractivity contribution in [2.75, 3.05) is 6.54 Å². The first-order valence-electron chi connectivity index (χ1n) is 8.36. The summed E-state index contributed by atoms with van der Waals surface area (Å²) in [6.07, 6.45) is -0.135. The standard InChI is InChI=1S/C18H18N4O5S/c19-16(23)8-9-22(11-12-4-2-1-3-5-12)28(26,27)13-6-7-14-15(10-13)21-18(25)17(24)20-14/h1-7,10H,8-9,11H2,(H2,19,23)(H,20,24)(H,21,25). The van der Waals surface area contributed by atoms with Gasteiger partial charge in [-0.3, -0.25) is 14.4 Å². The fourth-order valence-corrected chi connectivity index (χ4v) is 4.17. The van der Waals surface area contributed by atoms with Gasteiger partial charge in [-0.05, 0) is 23.8 Å². The number of nitrogens with two attached hydrogens (primary N) is 1. The number of primary amides is 1. The maximum absolute atomic E-state index is 13.2. The van der Waals surface area contributed by atoms with Gasteiger partial charge < -0.3 is 15.7 Å². The first kappa shape index (κ1) is 19.5. The SMILES string of the molecule is NC(=O)CCN(Cc1ccccc1)S(=O)(=O)c1ccc2[nH]c(=O)c(=O)[nH]c2c1. The van der Waals surface area contributed by atoms with E-state index in [4.69, 9.17) is 5.73 Å². The first-order valence-corrected chi connectivity index (χ1v) is 9.80. The number of hydrogen-bond acceptors (Lipinski definition) is 5. The Morgan fingerprint density at radius 1 is 0.964 bits per heavy atom. The van der Waals surface area contributed by atoms with E-state index in [9.17, 15) is 22.8 Å². The molecule has 28 heavy (non-hydrogen) atoms. The molecule has 9 nitrogen and oxygen atoms in total. The number of hydrogen-bond donors (Lipinski definition) is 3. The van der Waals surface area contributed by atoms with Gasteiger partial charge in [-0.25, -0.2) is 8.42 Å². The molecule has 1 heterocycles. The van der Waals surface area contributed by atoms with Gasteiger partial charge in [-0.2, -0.15) is 4.31 Å². The van der Waals surface area contributed by atoms with Crippen LogP contribution >= 0.6 is 0 Å². The largest absolute Gasteiger partial charge is 0.370 e. The van der Waals surface area contributed by atoms with E-state index in [2.05, 4.69) is 9.97 Å². The molecule has 3 aromatic rings. The summed E-state index contributed by atoms with van der Waals surface area (Å²) in [5, 5.41) is 0. The van der Waals surface area contributed by atoms with Gasteiger partial charge in [0.15, 0.2) is 0 Å². The quantitative estimate of drug-likeness (QED) is 0.486. The number of benzene rings is 2. The molecule has 1 aromatic heterocycles. The molecule has 2 aromatic carbocycles. The molecule has 0 atom stereocenters. The summed E-state index contributed by atoms with van der Waals surface area (Å²) in [5.41, 5.74) is 4.71. The molecule has 0 aliphatic carbocycles. The van der Waals surface area contributed by atoms with E-state index < -0.39 is 27.0 Å². The van der Waals surface area contributed by atoms with Crippen molar-refractivity contribution in [3.05, 3.63) is 74.8 Å². The maximum Gasteiger partial charge on any atom is 0.314 e. The number of aromatic amines is 2. The number of sulfonamides is 1. The Morgan fingerprint density at radius 3 is 2.25 bits per heavy atom. The van der Waals surface area contributed by atoms with Crippen molar-refractivity contribution < 1.29 is 13.2 Å². The smallest absolute Gasteiger partial charge is 0.314 e. The highest BCUT2D eigenvalue weighted by Gasteiger charge is 2.25. The summed E-state index contributed by atoms with van der Waals surface area (Å²) in [5.74, 6) is -0.617. The number of carbonyl (C=O) groups is 1. The normalized spacial score (nSPS) is 11.8. The van der Waals surface area contributed by atoms with Gasteiger partial charge in [0.2, 0.25) is 15.9 Å². The zero-order chi connectivity index (χ0) is 20.3. The number of H-pyrrole nitrogens is 2. The van der Waals surface area contributed by atoms with Crippen LogP contribution in [-0.2, 0) is 21.4 Å². The van der Waals surface area contributed by atoms with Crippen molar-refractivity contribution in [2.24, 2.45) is 5.73 Å². The fraction of sp³-hybridized carbons (Fsp3) is 0.167. The Morgan fingerprint density at radius 2 is 1.61 bits per heavy atom. The van der Waals surface area contributed by atoms with E-state index in [1.807, 2.05) is 6.07 Å². The lowest BCUT2D eigenvalue weighted by Crippen LogP contribution is -2.34. The Balaban J connectivity index is 2.03. The minimum absolute atomic E-state index is 0.0522. The average molecular weight is 402 g/mol. The molecule has 4 N–H and O–H groups in total. The van der Waals surface area contributed by atoms with Crippen molar-refractivity contribution >= 4 is 27.0 Å². The van der Waals surface area contributed by atoms with Crippen LogP contribution in [0.4, 0.5) is 0 Å². The minimum Gasteiger partial charge on any atom is -0.370 e. The molecular formula is C18H18N4O5S. The summed E-state index contributed by atoms with van der Waals surface area (Å²) in [6, 6.07) is 12.9. The average Bonchev–Trinajstić information content (AvgIpc) is 2.66. The summed E-state index contributed by atoms with van der Waals surface area (Å²) < 4.78 is 27.5. The van der Waals surface area contributed by atoms with E-state index in [1.165, 1.54) is 18.2 Å². The lowest BCUT2D eigenvalue weighted by atomic mass is 10.2. The van der Waals surface area contributed by atoms with Crippen molar-refractivity contribution in [2.45, 2.75) is 17.9 Å². The number of aromatic nitrogens is 2. The molecule has 0 spiro atoms. The number of nitrogens with one attached hydrogen (secondary N) is 2. The lowest BCUT2D eigenvalue weighted by molar-refractivity contribution is -0.118. The fourth-order valence-electron chi connectivity index (χ4n) is 2.71. The van der Waals surface area contributed by atoms with E-state index in [1.54, 1.807) is 24.3 Å². The highest BCUT2D eigenvalue weighted by molar-refractivity contribution is 7.89. The summed E-state index contributed by atoms with van der Waals surface area (Å²) in [4.78, 5) is 38.8. The van der Waals surface area contributed by atoms with Gasteiger partial charge in [0.25, 0.3) is 0 Å². The zero-order valence-electron chi connectivity index (χ0n) is 14.7. The molecule has 0 unspecified atom stereocenters. The zero-order valence-corrected chi connectivity index (χ0v) is 15.5. The third-order valence-electron chi connectivity index (χ3n) is 4.14. The number of nitrogens with zero attached hydrogens (tertiary/aromatic N) is 1. The van der Waals surface area contributed by atoms with Crippen LogP contribution in [0.1, 0.15) is 12.0 Å². The van der Waals surface area contributed by atoms with Crippen molar-refractivity contribution in [3.8, 4) is 0 Å². The Kier molecular flexibility index (Phi) is 5.43. The van der Waals surface area contributed by atoms with Gasteiger partial charge in [-0.15, -0.1) is 0 Å². The molecule has 0 saturated carbocycles. The molecule has 0 bridgehead atoms. The molecule has 0 saturated heterocycles. The highest BCUT2D eigenvalue weighted by atomic mass is 32.2. The molecule has 10 heteroatoms. The third-order valence-corrected chi connectivity index (χ3v) is 5.98. The lowest BCUT2D eigenvalue weighted by Gasteiger charge is -2.22. The van der Waals surface area contributed by atoms with Crippen molar-refractivity contribution in [1.82, 2.24) is 14.3 Å². The van der Waals surface area contributed by atoms with Crippen molar-refractivity contribution in [3.63, 3.8) is 0 Å². The Hall–Kier alpha value is -3.24. The molecular weight excluding hydrogens is 384 g/mol. The third kappa shape index (κ3) is 4.18. The Bertz CT molecular complexity index is 1230. The van der Waals surface area contributed by atoms with Gasteiger partial charge in [-0.1, -0.05) is 30.3 Å². The van der Waals surface area contributed by atoms with Crippen LogP contribution in [0, 0.1) is 0 Å². The number of fused-ring (bicyclic) bond motifs is 1. The van der Waals surface area contributed by atoms with Crippen LogP contribution in [-0.4, -0.2) is 35.1 Å². The van der Waals surface area contributed by atoms with Crippen LogP contribution in [0.25, 0.3) is 11.0 Å². The van der Waals surface area contributed by atoms with E-state index in [0.717, 1.165) is 9.87 Å². The van der Waals surface area contributed by atoms with Crippen molar-refractivity contribution in [1.29, 1.82) is 0 Å². The molecule has 0 fully saturated rings. The van der Waals surface area contributed by atoms with Gasteiger partial charge >= 0.3 is 11.1 Å². The maximum atomic E-state index is 13.2. The highest BCUT2D eigenvalue weighted by Crippen LogP contribution is 2.21. The van der Waals surface area contributed by atoms with Crippen LogP contribution in [0.3, 0.4) is 0 Å². The van der Waals surface area contributed by atoms with E-state index >= 15 is 0 Å². The molecule has 0 aliphatic heterocycles. The van der Waals surface area contributed by atoms with Gasteiger partial charge in [0.05, 0.1) is 15.9 Å².